The second-order valence-corrected chi connectivity index (χ2v) is 9.57. The first-order valence-corrected chi connectivity index (χ1v) is 12.5. The lowest BCUT2D eigenvalue weighted by atomic mass is 9.99. The van der Waals surface area contributed by atoms with Crippen LogP contribution in [0.4, 0.5) is 5.82 Å². The Hall–Kier alpha value is -3.65. The average molecular weight is 489 g/mol. The zero-order valence-electron chi connectivity index (χ0n) is 20.1. The number of ether oxygens (including phenoxy) is 2. The number of rotatable bonds is 7. The molecule has 1 aliphatic rings. The molecular weight excluding hydrogens is 460 g/mol. The van der Waals surface area contributed by atoms with Crippen LogP contribution in [0.3, 0.4) is 0 Å². The number of fused-ring (bicyclic) bond motifs is 2. The number of anilines is 1. The number of hydrogen-bond acceptors (Lipinski definition) is 7. The van der Waals surface area contributed by atoms with Crippen LogP contribution in [-0.2, 0) is 19.4 Å². The molecule has 35 heavy (non-hydrogen) atoms. The Morgan fingerprint density at radius 2 is 1.89 bits per heavy atom. The number of carbonyl (C=O) groups is 1. The Bertz CT molecular complexity index is 1380. The zero-order chi connectivity index (χ0) is 24.4. The number of amides is 1. The Morgan fingerprint density at radius 1 is 1.09 bits per heavy atom. The summed E-state index contributed by atoms with van der Waals surface area (Å²) in [5.41, 5.74) is 4.72. The first-order valence-electron chi connectivity index (χ1n) is 11.6. The smallest absolute Gasteiger partial charge is 0.261 e. The Balaban J connectivity index is 1.32. The normalized spacial score (nSPS) is 12.9. The van der Waals surface area contributed by atoms with Gasteiger partial charge in [-0.3, -0.25) is 4.79 Å². The van der Waals surface area contributed by atoms with Gasteiger partial charge in [0.2, 0.25) is 0 Å². The largest absolute Gasteiger partial charge is 0.493 e. The van der Waals surface area contributed by atoms with Crippen LogP contribution in [0.2, 0.25) is 0 Å². The SMILES string of the molecule is COc1ccc(CCNC(=O)c2sc3ncnc(N4CCc5ccccc5C4)c3c2C)cc1OC. The van der Waals surface area contributed by atoms with Gasteiger partial charge in [0.25, 0.3) is 5.91 Å². The van der Waals surface area contributed by atoms with Crippen molar-refractivity contribution >= 4 is 33.3 Å². The Labute approximate surface area is 208 Å². The second kappa shape index (κ2) is 9.92. The quantitative estimate of drug-likeness (QED) is 0.411. The van der Waals surface area contributed by atoms with E-state index in [2.05, 4.69) is 44.5 Å². The van der Waals surface area contributed by atoms with E-state index < -0.39 is 0 Å². The molecule has 0 saturated heterocycles. The molecule has 1 amide bonds. The zero-order valence-corrected chi connectivity index (χ0v) is 20.9. The summed E-state index contributed by atoms with van der Waals surface area (Å²) in [5, 5.41) is 4.04. The van der Waals surface area contributed by atoms with Crippen molar-refractivity contribution in [1.82, 2.24) is 15.3 Å². The van der Waals surface area contributed by atoms with Crippen molar-refractivity contribution in [2.75, 3.05) is 32.2 Å². The van der Waals surface area contributed by atoms with Gasteiger partial charge in [0.05, 0.1) is 24.5 Å². The molecule has 0 radical (unpaired) electrons. The van der Waals surface area contributed by atoms with Crippen LogP contribution in [-0.4, -0.2) is 43.2 Å². The van der Waals surface area contributed by atoms with Crippen molar-refractivity contribution in [2.45, 2.75) is 26.3 Å². The van der Waals surface area contributed by atoms with Crippen molar-refractivity contribution in [3.63, 3.8) is 0 Å². The molecule has 2 aromatic carbocycles. The van der Waals surface area contributed by atoms with Crippen LogP contribution in [0.15, 0.2) is 48.8 Å². The third-order valence-corrected chi connectivity index (χ3v) is 7.69. The average Bonchev–Trinajstić information content (AvgIpc) is 3.24. The summed E-state index contributed by atoms with van der Waals surface area (Å²) < 4.78 is 10.7. The van der Waals surface area contributed by atoms with E-state index in [-0.39, 0.29) is 5.91 Å². The molecule has 2 aromatic heterocycles. The molecule has 0 atom stereocenters. The molecule has 4 aromatic rings. The number of aryl methyl sites for hydroxylation is 1. The minimum Gasteiger partial charge on any atom is -0.493 e. The predicted molar refractivity (Wildman–Crippen MR) is 139 cm³/mol. The van der Waals surface area contributed by atoms with Crippen LogP contribution < -0.4 is 19.7 Å². The molecular formula is C27H28N4O3S. The highest BCUT2D eigenvalue weighted by atomic mass is 32.1. The van der Waals surface area contributed by atoms with Gasteiger partial charge in [-0.25, -0.2) is 9.97 Å². The number of thiophene rings is 1. The first-order chi connectivity index (χ1) is 17.1. The third kappa shape index (κ3) is 4.53. The molecule has 0 bridgehead atoms. The van der Waals surface area contributed by atoms with Gasteiger partial charge >= 0.3 is 0 Å². The van der Waals surface area contributed by atoms with E-state index in [0.717, 1.165) is 46.7 Å². The fourth-order valence-electron chi connectivity index (χ4n) is 4.62. The number of aromatic nitrogens is 2. The molecule has 0 aliphatic carbocycles. The van der Waals surface area contributed by atoms with Gasteiger partial charge < -0.3 is 19.7 Å². The molecule has 180 valence electrons. The molecule has 0 saturated carbocycles. The summed E-state index contributed by atoms with van der Waals surface area (Å²) in [6.45, 7) is 4.21. The summed E-state index contributed by atoms with van der Waals surface area (Å²) in [5.74, 6) is 2.20. The Morgan fingerprint density at radius 3 is 2.69 bits per heavy atom. The van der Waals surface area contributed by atoms with E-state index in [9.17, 15) is 4.79 Å². The minimum atomic E-state index is -0.0825. The molecule has 7 nitrogen and oxygen atoms in total. The molecule has 0 unspecified atom stereocenters. The van der Waals surface area contributed by atoms with Crippen LogP contribution in [0.1, 0.15) is 31.9 Å². The summed E-state index contributed by atoms with van der Waals surface area (Å²) in [6, 6.07) is 14.4. The molecule has 8 heteroatoms. The highest BCUT2D eigenvalue weighted by Gasteiger charge is 2.24. The highest BCUT2D eigenvalue weighted by Crippen LogP contribution is 2.36. The minimum absolute atomic E-state index is 0.0825. The number of carbonyl (C=O) groups excluding carboxylic acids is 1. The predicted octanol–water partition coefficient (Wildman–Crippen LogP) is 4.55. The lowest BCUT2D eigenvalue weighted by Crippen LogP contribution is -2.31. The number of methoxy groups -OCH3 is 2. The van der Waals surface area contributed by atoms with Crippen LogP contribution in [0, 0.1) is 6.92 Å². The Kier molecular flexibility index (Phi) is 6.55. The maximum absolute atomic E-state index is 13.1. The second-order valence-electron chi connectivity index (χ2n) is 8.57. The fraction of sp³-hybridized carbons (Fsp3) is 0.296. The molecule has 0 spiro atoms. The number of benzene rings is 2. The molecule has 1 N–H and O–H groups in total. The summed E-state index contributed by atoms with van der Waals surface area (Å²) in [4.78, 5) is 26.0. The number of nitrogens with one attached hydrogen (secondary N) is 1. The van der Waals surface area contributed by atoms with Crippen LogP contribution >= 0.6 is 11.3 Å². The van der Waals surface area contributed by atoms with E-state index in [0.29, 0.717) is 29.3 Å². The van der Waals surface area contributed by atoms with Crippen molar-refractivity contribution in [2.24, 2.45) is 0 Å². The highest BCUT2D eigenvalue weighted by molar-refractivity contribution is 7.20. The third-order valence-electron chi connectivity index (χ3n) is 6.49. The lowest BCUT2D eigenvalue weighted by Gasteiger charge is -2.30. The topological polar surface area (TPSA) is 76.6 Å². The number of nitrogens with zero attached hydrogens (tertiary/aromatic N) is 3. The van der Waals surface area contributed by atoms with Gasteiger partial charge in [-0.1, -0.05) is 30.3 Å². The van der Waals surface area contributed by atoms with Crippen molar-refractivity contribution in [3.05, 3.63) is 75.9 Å². The van der Waals surface area contributed by atoms with E-state index >= 15 is 0 Å². The number of hydrogen-bond donors (Lipinski definition) is 1. The lowest BCUT2D eigenvalue weighted by molar-refractivity contribution is 0.0957. The van der Waals surface area contributed by atoms with Gasteiger partial charge in [0, 0.05) is 19.6 Å². The molecule has 0 fully saturated rings. The summed E-state index contributed by atoms with van der Waals surface area (Å²) in [6.07, 6.45) is 3.27. The van der Waals surface area contributed by atoms with E-state index in [1.54, 1.807) is 20.5 Å². The summed E-state index contributed by atoms with van der Waals surface area (Å²) >= 11 is 1.43. The van der Waals surface area contributed by atoms with Crippen LogP contribution in [0.5, 0.6) is 11.5 Å². The van der Waals surface area contributed by atoms with Crippen molar-refractivity contribution in [1.29, 1.82) is 0 Å². The maximum atomic E-state index is 13.1. The van der Waals surface area contributed by atoms with Gasteiger partial charge in [-0.05, 0) is 54.2 Å². The van der Waals surface area contributed by atoms with Gasteiger partial charge in [-0.15, -0.1) is 11.3 Å². The molecule has 3 heterocycles. The van der Waals surface area contributed by atoms with E-state index in [1.807, 2.05) is 25.1 Å². The van der Waals surface area contributed by atoms with Gasteiger partial charge in [-0.2, -0.15) is 0 Å². The molecule has 5 rings (SSSR count). The molecule has 1 aliphatic heterocycles. The van der Waals surface area contributed by atoms with Gasteiger partial charge in [0.1, 0.15) is 17.0 Å². The van der Waals surface area contributed by atoms with E-state index in [1.165, 1.54) is 22.5 Å². The van der Waals surface area contributed by atoms with E-state index in [4.69, 9.17) is 9.47 Å². The monoisotopic (exact) mass is 488 g/mol. The fourth-order valence-corrected chi connectivity index (χ4v) is 5.68. The van der Waals surface area contributed by atoms with Crippen molar-refractivity contribution in [3.8, 4) is 11.5 Å². The first kappa shape index (κ1) is 23.1. The maximum Gasteiger partial charge on any atom is 0.261 e. The standard InChI is InChI=1S/C27H28N4O3S/c1-17-23-25(31-13-11-19-6-4-5-7-20(19)15-31)29-16-30-27(23)35-24(17)26(32)28-12-10-18-8-9-21(33-2)22(14-18)34-3/h4-9,14,16H,10-13,15H2,1-3H3,(H,28,32). The van der Waals surface area contributed by atoms with Crippen molar-refractivity contribution < 1.29 is 14.3 Å². The summed E-state index contributed by atoms with van der Waals surface area (Å²) in [7, 11) is 3.23. The van der Waals surface area contributed by atoms with Crippen LogP contribution in [0.25, 0.3) is 10.2 Å². The van der Waals surface area contributed by atoms with Gasteiger partial charge in [0.15, 0.2) is 11.5 Å².